The fourth-order valence-corrected chi connectivity index (χ4v) is 4.70. The fraction of sp³-hybridized carbons (Fsp3) is 0.435. The van der Waals surface area contributed by atoms with Gasteiger partial charge in [0.15, 0.2) is 0 Å². The minimum absolute atomic E-state index is 0.00408. The monoisotopic (exact) mass is 348 g/mol. The molecule has 0 aliphatic carbocycles. The van der Waals surface area contributed by atoms with Crippen molar-refractivity contribution in [2.45, 2.75) is 52.9 Å². The molecule has 0 amide bonds. The van der Waals surface area contributed by atoms with Gasteiger partial charge in [-0.1, -0.05) is 77.9 Å². The quantitative estimate of drug-likeness (QED) is 0.602. The number of aromatic amines is 1. The van der Waals surface area contributed by atoms with Crippen molar-refractivity contribution >= 4 is 11.0 Å². The summed E-state index contributed by atoms with van der Waals surface area (Å²) in [6.45, 7) is 13.9. The predicted molar refractivity (Wildman–Crippen MR) is 109 cm³/mol. The molecule has 1 atom stereocenters. The first-order valence-corrected chi connectivity index (χ1v) is 9.44. The van der Waals surface area contributed by atoms with Crippen molar-refractivity contribution in [1.82, 2.24) is 15.4 Å². The highest BCUT2D eigenvalue weighted by atomic mass is 15.3. The molecule has 1 unspecified atom stereocenters. The number of fused-ring (bicyclic) bond motifs is 1. The maximum absolute atomic E-state index is 4.28. The van der Waals surface area contributed by atoms with Gasteiger partial charge in [-0.15, -0.1) is 0 Å². The van der Waals surface area contributed by atoms with Gasteiger partial charge in [0.25, 0.3) is 0 Å². The minimum Gasteiger partial charge on any atom is -0.197 e. The highest BCUT2D eigenvalue weighted by Gasteiger charge is 2.38. The van der Waals surface area contributed by atoms with Crippen LogP contribution in [0.2, 0.25) is 0 Å². The lowest BCUT2D eigenvalue weighted by Gasteiger charge is -2.42. The molecule has 1 radical (unpaired) electrons. The molecular weight excluding hydrogens is 318 g/mol. The topological polar surface area (TPSA) is 41.6 Å². The Morgan fingerprint density at radius 3 is 2.19 bits per heavy atom. The average Bonchev–Trinajstić information content (AvgIpc) is 3.02. The Kier molecular flexibility index (Phi) is 4.92. The van der Waals surface area contributed by atoms with Crippen LogP contribution < -0.4 is 0 Å². The molecule has 3 aromatic rings. The van der Waals surface area contributed by atoms with Crippen LogP contribution in [-0.4, -0.2) is 15.4 Å². The summed E-state index contributed by atoms with van der Waals surface area (Å²) in [4.78, 5) is 0. The van der Waals surface area contributed by atoms with Gasteiger partial charge in [-0.05, 0) is 52.3 Å². The zero-order valence-electron chi connectivity index (χ0n) is 16.7. The molecule has 3 heteroatoms. The Hall–Kier alpha value is -2.16. The molecule has 0 aliphatic heterocycles. The van der Waals surface area contributed by atoms with Crippen LogP contribution in [-0.2, 0) is 5.41 Å². The van der Waals surface area contributed by atoms with Crippen molar-refractivity contribution in [3.63, 3.8) is 0 Å². The molecule has 137 valence electrons. The second-order valence-electron chi connectivity index (χ2n) is 8.85. The summed E-state index contributed by atoms with van der Waals surface area (Å²) in [7, 11) is 0. The number of hydrogen-bond donors (Lipinski definition) is 1. The largest absolute Gasteiger partial charge is 0.197 e. The van der Waals surface area contributed by atoms with E-state index in [0.717, 1.165) is 11.0 Å². The first-order valence-electron chi connectivity index (χ1n) is 9.44. The highest BCUT2D eigenvalue weighted by molar-refractivity contribution is 5.74. The van der Waals surface area contributed by atoms with Gasteiger partial charge < -0.3 is 0 Å². The van der Waals surface area contributed by atoms with Gasteiger partial charge in [0.1, 0.15) is 11.0 Å². The number of rotatable bonds is 6. The van der Waals surface area contributed by atoms with E-state index in [2.05, 4.69) is 112 Å². The Morgan fingerprint density at radius 1 is 0.885 bits per heavy atom. The van der Waals surface area contributed by atoms with Crippen molar-refractivity contribution in [3.8, 4) is 0 Å². The van der Waals surface area contributed by atoms with E-state index in [-0.39, 0.29) is 10.8 Å². The summed E-state index contributed by atoms with van der Waals surface area (Å²) in [6, 6.07) is 17.2. The first-order chi connectivity index (χ1) is 12.2. The maximum Gasteiger partial charge on any atom is 0.113 e. The fourth-order valence-electron chi connectivity index (χ4n) is 4.70. The van der Waals surface area contributed by atoms with Gasteiger partial charge in [-0.25, -0.2) is 0 Å². The van der Waals surface area contributed by atoms with Crippen LogP contribution in [0.15, 0.2) is 48.5 Å². The van der Waals surface area contributed by atoms with Gasteiger partial charge in [-0.3, -0.25) is 0 Å². The zero-order valence-corrected chi connectivity index (χ0v) is 16.7. The van der Waals surface area contributed by atoms with Crippen LogP contribution in [0.4, 0.5) is 0 Å². The Bertz CT molecular complexity index is 859. The molecule has 26 heavy (non-hydrogen) atoms. The number of nitrogens with one attached hydrogen (secondary N) is 1. The number of nitrogens with zero attached hydrogens (tertiary/aromatic N) is 2. The van der Waals surface area contributed by atoms with Crippen LogP contribution in [0, 0.1) is 17.8 Å². The van der Waals surface area contributed by atoms with E-state index in [4.69, 9.17) is 0 Å². The summed E-state index contributed by atoms with van der Waals surface area (Å²) in [5, 5.41) is 11.2. The summed E-state index contributed by atoms with van der Waals surface area (Å²) in [6.07, 6.45) is 2.52. The molecule has 0 aliphatic rings. The molecule has 2 aromatic carbocycles. The van der Waals surface area contributed by atoms with E-state index in [1.165, 1.54) is 11.1 Å². The van der Waals surface area contributed by atoms with Crippen LogP contribution in [0.1, 0.15) is 58.6 Å². The predicted octanol–water partition coefficient (Wildman–Crippen LogP) is 5.91. The molecular formula is C23H30N3. The Labute approximate surface area is 157 Å². The Balaban J connectivity index is 1.95. The van der Waals surface area contributed by atoms with Crippen LogP contribution in [0.3, 0.4) is 0 Å². The molecule has 3 rings (SSSR count). The molecule has 0 fully saturated rings. The number of hydrogen-bond acceptors (Lipinski definition) is 2. The lowest BCUT2D eigenvalue weighted by molar-refractivity contribution is 0.245. The SMILES string of the molecule is CC(C)C(c1ccc2n[nH]nc2c1)C(C)(C)[CH]C(C)(C)c1ccccc1. The van der Waals surface area contributed by atoms with Gasteiger partial charge in [0, 0.05) is 0 Å². The molecule has 1 heterocycles. The van der Waals surface area contributed by atoms with Crippen molar-refractivity contribution in [3.05, 3.63) is 66.1 Å². The van der Waals surface area contributed by atoms with Crippen LogP contribution >= 0.6 is 0 Å². The van der Waals surface area contributed by atoms with E-state index < -0.39 is 0 Å². The third kappa shape index (κ3) is 3.67. The summed E-state index contributed by atoms with van der Waals surface area (Å²) in [5.41, 5.74) is 4.55. The molecule has 3 nitrogen and oxygen atoms in total. The molecule has 1 N–H and O–H groups in total. The summed E-state index contributed by atoms with van der Waals surface area (Å²) in [5.74, 6) is 0.906. The summed E-state index contributed by atoms with van der Waals surface area (Å²) < 4.78 is 0. The standard InChI is InChI=1S/C23H30N3/c1-16(2)21(17-12-13-19-20(14-17)25-26-24-19)23(5,6)15-22(3,4)18-10-8-7-9-11-18/h7-16,21H,1-6H3,(H,24,25,26). The second-order valence-corrected chi connectivity index (χ2v) is 8.85. The minimum atomic E-state index is -0.00408. The van der Waals surface area contributed by atoms with E-state index in [1.807, 2.05) is 0 Å². The number of aromatic nitrogens is 3. The molecule has 1 aromatic heterocycles. The molecule has 0 saturated heterocycles. The third-order valence-electron chi connectivity index (χ3n) is 5.42. The van der Waals surface area contributed by atoms with Crippen molar-refractivity contribution in [2.24, 2.45) is 11.3 Å². The lowest BCUT2D eigenvalue weighted by Crippen LogP contribution is -2.34. The van der Waals surface area contributed by atoms with Gasteiger partial charge in [-0.2, -0.15) is 15.4 Å². The highest BCUT2D eigenvalue weighted by Crippen LogP contribution is 2.48. The first kappa shape index (κ1) is 18.6. The lowest BCUT2D eigenvalue weighted by atomic mass is 9.61. The smallest absolute Gasteiger partial charge is 0.113 e. The molecule has 0 bridgehead atoms. The van der Waals surface area contributed by atoms with Gasteiger partial charge in [0.2, 0.25) is 0 Å². The van der Waals surface area contributed by atoms with Crippen molar-refractivity contribution in [1.29, 1.82) is 0 Å². The van der Waals surface area contributed by atoms with Crippen molar-refractivity contribution < 1.29 is 0 Å². The van der Waals surface area contributed by atoms with E-state index in [0.29, 0.717) is 11.8 Å². The van der Waals surface area contributed by atoms with Gasteiger partial charge in [0.05, 0.1) is 0 Å². The zero-order chi connectivity index (χ0) is 18.9. The normalized spacial score (nSPS) is 14.1. The van der Waals surface area contributed by atoms with E-state index >= 15 is 0 Å². The maximum atomic E-state index is 4.28. The number of H-pyrrole nitrogens is 1. The third-order valence-corrected chi connectivity index (χ3v) is 5.42. The molecule has 0 spiro atoms. The second kappa shape index (κ2) is 6.86. The van der Waals surface area contributed by atoms with E-state index in [9.17, 15) is 0 Å². The van der Waals surface area contributed by atoms with E-state index in [1.54, 1.807) is 0 Å². The van der Waals surface area contributed by atoms with Crippen LogP contribution in [0.25, 0.3) is 11.0 Å². The van der Waals surface area contributed by atoms with Gasteiger partial charge >= 0.3 is 0 Å². The number of benzene rings is 2. The molecule has 0 saturated carbocycles. The average molecular weight is 349 g/mol. The van der Waals surface area contributed by atoms with Crippen LogP contribution in [0.5, 0.6) is 0 Å². The summed E-state index contributed by atoms with van der Waals surface area (Å²) >= 11 is 0. The van der Waals surface area contributed by atoms with Crippen molar-refractivity contribution in [2.75, 3.05) is 0 Å². The Morgan fingerprint density at radius 2 is 1.54 bits per heavy atom.